The number of ether oxygens (including phenoxy) is 1. The first-order chi connectivity index (χ1) is 12.2. The van der Waals surface area contributed by atoms with Crippen LogP contribution in [0.2, 0.25) is 0 Å². The van der Waals surface area contributed by atoms with E-state index in [0.717, 1.165) is 24.0 Å². The van der Waals surface area contributed by atoms with E-state index < -0.39 is 6.10 Å². The molecule has 25 heavy (non-hydrogen) atoms. The molecular formula is C18H24N4O3. The number of morpholine rings is 1. The van der Waals surface area contributed by atoms with Gasteiger partial charge in [-0.25, -0.2) is 0 Å². The van der Waals surface area contributed by atoms with Crippen molar-refractivity contribution < 1.29 is 14.6 Å². The van der Waals surface area contributed by atoms with Crippen LogP contribution in [0.5, 0.6) is 0 Å². The van der Waals surface area contributed by atoms with Gasteiger partial charge in [0.05, 0.1) is 43.6 Å². The Balaban J connectivity index is 1.35. The fraction of sp³-hybridized carbons (Fsp3) is 0.556. The summed E-state index contributed by atoms with van der Waals surface area (Å²) in [6.07, 6.45) is 1.75. The van der Waals surface area contributed by atoms with Gasteiger partial charge in [0.2, 0.25) is 5.91 Å². The number of carbonyl (C=O) groups excluding carboxylic acids is 1. The normalized spacial score (nSPS) is 24.9. The van der Waals surface area contributed by atoms with Gasteiger partial charge in [0.25, 0.3) is 0 Å². The molecule has 0 saturated carbocycles. The molecule has 7 nitrogen and oxygen atoms in total. The average Bonchev–Trinajstić information content (AvgIpc) is 3.24. The van der Waals surface area contributed by atoms with Crippen LogP contribution < -0.4 is 0 Å². The number of nitrogens with zero attached hydrogens (tertiary/aromatic N) is 4. The Labute approximate surface area is 146 Å². The number of para-hydroxylation sites is 1. The molecule has 7 heteroatoms. The second kappa shape index (κ2) is 7.11. The van der Waals surface area contributed by atoms with Crippen molar-refractivity contribution >= 4 is 16.8 Å². The molecule has 1 aromatic heterocycles. The van der Waals surface area contributed by atoms with Crippen molar-refractivity contribution in [2.24, 2.45) is 0 Å². The summed E-state index contributed by atoms with van der Waals surface area (Å²) in [6, 6.07) is 8.02. The lowest BCUT2D eigenvalue weighted by Crippen LogP contribution is -2.49. The third-order valence-electron chi connectivity index (χ3n) is 5.21. The molecule has 1 N–H and O–H groups in total. The Hall–Kier alpha value is -1.96. The predicted octanol–water partition coefficient (Wildman–Crippen LogP) is 0.330. The summed E-state index contributed by atoms with van der Waals surface area (Å²) in [7, 11) is 0. The van der Waals surface area contributed by atoms with E-state index in [1.54, 1.807) is 4.90 Å². The van der Waals surface area contributed by atoms with Gasteiger partial charge in [-0.15, -0.1) is 0 Å². The van der Waals surface area contributed by atoms with Gasteiger partial charge in [0, 0.05) is 38.0 Å². The maximum Gasteiger partial charge on any atom is 0.224 e. The highest BCUT2D eigenvalue weighted by Gasteiger charge is 2.37. The van der Waals surface area contributed by atoms with Crippen molar-refractivity contribution in [3.63, 3.8) is 0 Å². The Kier molecular flexibility index (Phi) is 4.70. The van der Waals surface area contributed by atoms with E-state index in [2.05, 4.69) is 10.00 Å². The number of aryl methyl sites for hydroxylation is 1. The molecule has 2 saturated heterocycles. The fourth-order valence-corrected chi connectivity index (χ4v) is 3.80. The first-order valence-corrected chi connectivity index (χ1v) is 8.90. The molecule has 4 rings (SSSR count). The predicted molar refractivity (Wildman–Crippen MR) is 93.1 cm³/mol. The summed E-state index contributed by atoms with van der Waals surface area (Å²) in [5.41, 5.74) is 1.04. The van der Waals surface area contributed by atoms with Crippen LogP contribution in [-0.4, -0.2) is 82.1 Å². The summed E-state index contributed by atoms with van der Waals surface area (Å²) < 4.78 is 7.24. The fourth-order valence-electron chi connectivity index (χ4n) is 3.80. The van der Waals surface area contributed by atoms with Crippen molar-refractivity contribution in [1.82, 2.24) is 19.6 Å². The van der Waals surface area contributed by atoms with Crippen molar-refractivity contribution in [2.75, 3.05) is 39.4 Å². The number of aliphatic hydroxyl groups is 1. The van der Waals surface area contributed by atoms with Gasteiger partial charge in [-0.3, -0.25) is 14.4 Å². The van der Waals surface area contributed by atoms with Gasteiger partial charge < -0.3 is 14.7 Å². The van der Waals surface area contributed by atoms with E-state index >= 15 is 0 Å². The van der Waals surface area contributed by atoms with Crippen molar-refractivity contribution in [3.05, 3.63) is 30.5 Å². The molecule has 1 amide bonds. The zero-order chi connectivity index (χ0) is 17.2. The molecule has 2 aliphatic heterocycles. The molecule has 2 aliphatic rings. The van der Waals surface area contributed by atoms with Crippen molar-refractivity contribution in [2.45, 2.75) is 25.1 Å². The molecule has 0 aliphatic carbocycles. The molecule has 2 aromatic rings. The molecule has 0 radical (unpaired) electrons. The lowest BCUT2D eigenvalue weighted by Gasteiger charge is -2.33. The molecule has 0 unspecified atom stereocenters. The summed E-state index contributed by atoms with van der Waals surface area (Å²) >= 11 is 0. The van der Waals surface area contributed by atoms with Crippen molar-refractivity contribution in [1.29, 1.82) is 0 Å². The zero-order valence-electron chi connectivity index (χ0n) is 14.3. The number of likely N-dealkylation sites (tertiary alicyclic amines) is 1. The lowest BCUT2D eigenvalue weighted by atomic mass is 10.1. The quantitative estimate of drug-likeness (QED) is 0.866. The summed E-state index contributed by atoms with van der Waals surface area (Å²) in [4.78, 5) is 16.6. The number of hydrogen-bond donors (Lipinski definition) is 1. The molecule has 3 heterocycles. The highest BCUT2D eigenvalue weighted by atomic mass is 16.5. The molecule has 2 atom stereocenters. The van der Waals surface area contributed by atoms with E-state index in [4.69, 9.17) is 4.74 Å². The number of aliphatic hydroxyl groups excluding tert-OH is 1. The smallest absolute Gasteiger partial charge is 0.224 e. The van der Waals surface area contributed by atoms with E-state index in [9.17, 15) is 9.90 Å². The van der Waals surface area contributed by atoms with Gasteiger partial charge in [-0.2, -0.15) is 5.10 Å². The van der Waals surface area contributed by atoms with Gasteiger partial charge in [-0.05, 0) is 6.07 Å². The largest absolute Gasteiger partial charge is 0.390 e. The number of hydrogen-bond acceptors (Lipinski definition) is 5. The van der Waals surface area contributed by atoms with Crippen LogP contribution in [0, 0.1) is 0 Å². The van der Waals surface area contributed by atoms with E-state index in [-0.39, 0.29) is 11.9 Å². The Bertz CT molecular complexity index is 741. The Morgan fingerprint density at radius 2 is 2.04 bits per heavy atom. The maximum atomic E-state index is 12.6. The number of amides is 1. The summed E-state index contributed by atoms with van der Waals surface area (Å²) in [6.45, 7) is 4.61. The number of fused-ring (bicyclic) bond motifs is 1. The highest BCUT2D eigenvalue weighted by molar-refractivity contribution is 5.79. The lowest BCUT2D eigenvalue weighted by molar-refractivity contribution is -0.130. The number of benzene rings is 1. The van der Waals surface area contributed by atoms with Gasteiger partial charge in [-0.1, -0.05) is 18.2 Å². The van der Waals surface area contributed by atoms with Crippen LogP contribution in [0.3, 0.4) is 0 Å². The van der Waals surface area contributed by atoms with E-state index in [0.29, 0.717) is 39.3 Å². The van der Waals surface area contributed by atoms with Crippen LogP contribution in [0.25, 0.3) is 10.9 Å². The standard InChI is InChI=1S/C18H24N4O3/c23-17-13-21(12-16(17)20-7-9-25-10-8-20)18(24)5-6-22-15-4-2-1-3-14(15)11-19-22/h1-4,11,16-17,23H,5-10,12-13H2/t16-,17-/m1/s1. The number of β-amino-alcohol motifs (C(OH)–C–C–N with tert-alkyl or cyclic N) is 1. The number of carbonyl (C=O) groups is 1. The number of rotatable bonds is 4. The Morgan fingerprint density at radius 1 is 1.24 bits per heavy atom. The highest BCUT2D eigenvalue weighted by Crippen LogP contribution is 2.19. The van der Waals surface area contributed by atoms with Crippen LogP contribution in [-0.2, 0) is 16.1 Å². The SMILES string of the molecule is O=C(CCn1ncc2ccccc21)N1C[C@@H](O)[C@H](N2CCOCC2)C1. The van der Waals surface area contributed by atoms with Gasteiger partial charge in [0.1, 0.15) is 0 Å². The first-order valence-electron chi connectivity index (χ1n) is 8.90. The monoisotopic (exact) mass is 344 g/mol. The Morgan fingerprint density at radius 3 is 2.88 bits per heavy atom. The third kappa shape index (κ3) is 3.40. The van der Waals surface area contributed by atoms with Crippen molar-refractivity contribution in [3.8, 4) is 0 Å². The summed E-state index contributed by atoms with van der Waals surface area (Å²) in [5.74, 6) is 0.0781. The number of aromatic nitrogens is 2. The summed E-state index contributed by atoms with van der Waals surface area (Å²) in [5, 5.41) is 15.8. The molecular weight excluding hydrogens is 320 g/mol. The minimum atomic E-state index is -0.479. The van der Waals surface area contributed by atoms with E-state index in [1.165, 1.54) is 0 Å². The average molecular weight is 344 g/mol. The molecule has 134 valence electrons. The zero-order valence-corrected chi connectivity index (χ0v) is 14.3. The first kappa shape index (κ1) is 16.5. The minimum Gasteiger partial charge on any atom is -0.390 e. The molecule has 1 aromatic carbocycles. The van der Waals surface area contributed by atoms with Crippen LogP contribution in [0.4, 0.5) is 0 Å². The van der Waals surface area contributed by atoms with Crippen LogP contribution >= 0.6 is 0 Å². The topological polar surface area (TPSA) is 70.8 Å². The maximum absolute atomic E-state index is 12.6. The second-order valence-corrected chi connectivity index (χ2v) is 6.76. The molecule has 2 fully saturated rings. The second-order valence-electron chi connectivity index (χ2n) is 6.76. The van der Waals surface area contributed by atoms with Crippen LogP contribution in [0.15, 0.2) is 30.5 Å². The van der Waals surface area contributed by atoms with Gasteiger partial charge >= 0.3 is 0 Å². The van der Waals surface area contributed by atoms with Gasteiger partial charge in [0.15, 0.2) is 0 Å². The molecule has 0 spiro atoms. The van der Waals surface area contributed by atoms with Crippen LogP contribution in [0.1, 0.15) is 6.42 Å². The third-order valence-corrected chi connectivity index (χ3v) is 5.21. The van der Waals surface area contributed by atoms with E-state index in [1.807, 2.05) is 35.1 Å². The molecule has 0 bridgehead atoms. The minimum absolute atomic E-state index is 0.0263.